The second kappa shape index (κ2) is 7.27. The molecule has 0 unspecified atom stereocenters. The molecule has 1 saturated heterocycles. The van der Waals surface area contributed by atoms with Gasteiger partial charge < -0.3 is 20.5 Å². The summed E-state index contributed by atoms with van der Waals surface area (Å²) in [5, 5.41) is 5.86. The molecule has 0 spiro atoms. The van der Waals surface area contributed by atoms with Crippen molar-refractivity contribution < 1.29 is 9.59 Å². The fraction of sp³-hybridized carbons (Fsp3) is 0.353. The smallest absolute Gasteiger partial charge is 0.272 e. The minimum Gasteiger partial charge on any atom is -0.342 e. The first-order chi connectivity index (χ1) is 11.6. The lowest BCUT2D eigenvalue weighted by Crippen LogP contribution is -2.49. The molecule has 2 aromatic rings. The van der Waals surface area contributed by atoms with E-state index in [0.717, 1.165) is 18.7 Å². The summed E-state index contributed by atoms with van der Waals surface area (Å²) in [5.41, 5.74) is 1.92. The van der Waals surface area contributed by atoms with Crippen LogP contribution in [0.1, 0.15) is 16.2 Å². The second-order valence-electron chi connectivity index (χ2n) is 5.74. The summed E-state index contributed by atoms with van der Waals surface area (Å²) >= 11 is 0. The van der Waals surface area contributed by atoms with Gasteiger partial charge in [-0.2, -0.15) is 0 Å². The van der Waals surface area contributed by atoms with E-state index in [1.54, 1.807) is 11.8 Å². The SMILES string of the molecule is Cc1[nH]c(-c2ccccc2)nc1C(=O)NCC(=O)N1CCNCC1. The van der Waals surface area contributed by atoms with Crippen molar-refractivity contribution in [2.24, 2.45) is 0 Å². The topological polar surface area (TPSA) is 90.1 Å². The molecule has 1 aliphatic rings. The van der Waals surface area contributed by atoms with Gasteiger partial charge in [0, 0.05) is 37.4 Å². The summed E-state index contributed by atoms with van der Waals surface area (Å²) in [7, 11) is 0. The number of piperazine rings is 1. The number of benzene rings is 1. The molecule has 3 rings (SSSR count). The van der Waals surface area contributed by atoms with Crippen LogP contribution in [0, 0.1) is 6.92 Å². The van der Waals surface area contributed by atoms with Crippen LogP contribution in [-0.2, 0) is 4.79 Å². The van der Waals surface area contributed by atoms with E-state index in [9.17, 15) is 9.59 Å². The van der Waals surface area contributed by atoms with Crippen molar-refractivity contribution in [2.75, 3.05) is 32.7 Å². The van der Waals surface area contributed by atoms with Gasteiger partial charge in [-0.3, -0.25) is 9.59 Å². The van der Waals surface area contributed by atoms with E-state index in [4.69, 9.17) is 0 Å². The lowest BCUT2D eigenvalue weighted by molar-refractivity contribution is -0.130. The van der Waals surface area contributed by atoms with Crippen LogP contribution >= 0.6 is 0 Å². The number of aromatic nitrogens is 2. The fourth-order valence-electron chi connectivity index (χ4n) is 2.68. The number of H-pyrrole nitrogens is 1. The number of rotatable bonds is 4. The zero-order valence-corrected chi connectivity index (χ0v) is 13.6. The standard InChI is InChI=1S/C17H21N5O2/c1-12-15(21-16(20-12)13-5-3-2-4-6-13)17(24)19-11-14(23)22-9-7-18-8-10-22/h2-6,18H,7-11H2,1H3,(H,19,24)(H,20,21). The summed E-state index contributed by atoms with van der Waals surface area (Å²) in [4.78, 5) is 33.7. The molecule has 0 atom stereocenters. The number of imidazole rings is 1. The van der Waals surface area contributed by atoms with Gasteiger partial charge in [-0.05, 0) is 6.92 Å². The molecule has 0 aliphatic carbocycles. The molecular weight excluding hydrogens is 306 g/mol. The Morgan fingerprint density at radius 3 is 2.62 bits per heavy atom. The van der Waals surface area contributed by atoms with Crippen molar-refractivity contribution >= 4 is 11.8 Å². The molecule has 7 nitrogen and oxygen atoms in total. The summed E-state index contributed by atoms with van der Waals surface area (Å²) in [6, 6.07) is 9.61. The highest BCUT2D eigenvalue weighted by Crippen LogP contribution is 2.17. The van der Waals surface area contributed by atoms with Gasteiger partial charge in [0.25, 0.3) is 5.91 Å². The Balaban J connectivity index is 1.63. The van der Waals surface area contributed by atoms with Crippen LogP contribution < -0.4 is 10.6 Å². The van der Waals surface area contributed by atoms with Gasteiger partial charge in [-0.25, -0.2) is 4.98 Å². The third-order valence-electron chi connectivity index (χ3n) is 4.02. The van der Waals surface area contributed by atoms with E-state index in [1.165, 1.54) is 0 Å². The highest BCUT2D eigenvalue weighted by molar-refractivity contribution is 5.96. The van der Waals surface area contributed by atoms with Crippen molar-refractivity contribution in [3.8, 4) is 11.4 Å². The first-order valence-corrected chi connectivity index (χ1v) is 8.04. The van der Waals surface area contributed by atoms with E-state index in [0.29, 0.717) is 30.3 Å². The molecule has 0 radical (unpaired) electrons. The Kier molecular flexibility index (Phi) is 4.90. The number of carbonyl (C=O) groups is 2. The molecule has 0 bridgehead atoms. The maximum absolute atomic E-state index is 12.3. The monoisotopic (exact) mass is 327 g/mol. The quantitative estimate of drug-likeness (QED) is 0.765. The van der Waals surface area contributed by atoms with E-state index in [2.05, 4.69) is 20.6 Å². The third-order valence-corrected chi connectivity index (χ3v) is 4.02. The lowest BCUT2D eigenvalue weighted by Gasteiger charge is -2.27. The highest BCUT2D eigenvalue weighted by Gasteiger charge is 2.19. The van der Waals surface area contributed by atoms with Crippen LogP contribution in [0.25, 0.3) is 11.4 Å². The summed E-state index contributed by atoms with van der Waals surface area (Å²) in [5.74, 6) is 0.238. The first kappa shape index (κ1) is 16.2. The van der Waals surface area contributed by atoms with Crippen LogP contribution in [0.2, 0.25) is 0 Å². The Bertz CT molecular complexity index is 720. The second-order valence-corrected chi connectivity index (χ2v) is 5.74. The van der Waals surface area contributed by atoms with Crippen LogP contribution in [-0.4, -0.2) is 59.4 Å². The molecule has 126 valence electrons. The normalized spacial score (nSPS) is 14.5. The van der Waals surface area contributed by atoms with Crippen LogP contribution in [0.4, 0.5) is 0 Å². The minimum atomic E-state index is -0.339. The predicted octanol–water partition coefficient (Wildman–Crippen LogP) is 0.547. The van der Waals surface area contributed by atoms with Crippen molar-refractivity contribution in [2.45, 2.75) is 6.92 Å². The number of hydrogen-bond donors (Lipinski definition) is 3. The Labute approximate surface area is 140 Å². The summed E-state index contributed by atoms with van der Waals surface area (Å²) in [6.07, 6.45) is 0. The molecule has 24 heavy (non-hydrogen) atoms. The minimum absolute atomic E-state index is 0.00813. The number of nitrogens with zero attached hydrogens (tertiary/aromatic N) is 2. The molecule has 2 heterocycles. The van der Waals surface area contributed by atoms with Crippen LogP contribution in [0.5, 0.6) is 0 Å². The van der Waals surface area contributed by atoms with Crippen LogP contribution in [0.3, 0.4) is 0 Å². The zero-order chi connectivity index (χ0) is 16.9. The number of aryl methyl sites for hydroxylation is 1. The van der Waals surface area contributed by atoms with Crippen molar-refractivity contribution in [1.29, 1.82) is 0 Å². The molecule has 7 heteroatoms. The van der Waals surface area contributed by atoms with E-state index in [1.807, 2.05) is 30.3 Å². The van der Waals surface area contributed by atoms with Crippen molar-refractivity contribution in [3.05, 3.63) is 41.7 Å². The van der Waals surface area contributed by atoms with E-state index < -0.39 is 0 Å². The van der Waals surface area contributed by atoms with E-state index >= 15 is 0 Å². The number of amides is 2. The molecule has 3 N–H and O–H groups in total. The van der Waals surface area contributed by atoms with Gasteiger partial charge in [0.1, 0.15) is 11.5 Å². The summed E-state index contributed by atoms with van der Waals surface area (Å²) in [6.45, 7) is 4.72. The number of hydrogen-bond acceptors (Lipinski definition) is 4. The van der Waals surface area contributed by atoms with E-state index in [-0.39, 0.29) is 18.4 Å². The van der Waals surface area contributed by atoms with Gasteiger partial charge in [-0.1, -0.05) is 30.3 Å². The molecule has 1 aliphatic heterocycles. The van der Waals surface area contributed by atoms with Gasteiger partial charge in [0.05, 0.1) is 6.54 Å². The van der Waals surface area contributed by atoms with Gasteiger partial charge in [0.2, 0.25) is 5.91 Å². The predicted molar refractivity (Wildman–Crippen MR) is 90.5 cm³/mol. The Hall–Kier alpha value is -2.67. The molecule has 0 saturated carbocycles. The largest absolute Gasteiger partial charge is 0.342 e. The van der Waals surface area contributed by atoms with Crippen LogP contribution in [0.15, 0.2) is 30.3 Å². The van der Waals surface area contributed by atoms with Crippen molar-refractivity contribution in [3.63, 3.8) is 0 Å². The number of carbonyl (C=O) groups excluding carboxylic acids is 2. The van der Waals surface area contributed by atoms with Gasteiger partial charge in [0.15, 0.2) is 0 Å². The first-order valence-electron chi connectivity index (χ1n) is 8.04. The molecule has 2 amide bonds. The average molecular weight is 327 g/mol. The Morgan fingerprint density at radius 1 is 1.21 bits per heavy atom. The lowest BCUT2D eigenvalue weighted by atomic mass is 10.2. The van der Waals surface area contributed by atoms with Gasteiger partial charge in [-0.15, -0.1) is 0 Å². The highest BCUT2D eigenvalue weighted by atomic mass is 16.2. The molecule has 1 fully saturated rings. The number of aromatic amines is 1. The summed E-state index contributed by atoms with van der Waals surface area (Å²) < 4.78 is 0. The molecular formula is C17H21N5O2. The maximum atomic E-state index is 12.3. The maximum Gasteiger partial charge on any atom is 0.272 e. The average Bonchev–Trinajstić information content (AvgIpc) is 3.03. The fourth-order valence-corrected chi connectivity index (χ4v) is 2.68. The molecule has 1 aromatic carbocycles. The Morgan fingerprint density at radius 2 is 1.92 bits per heavy atom. The zero-order valence-electron chi connectivity index (χ0n) is 13.6. The van der Waals surface area contributed by atoms with Gasteiger partial charge >= 0.3 is 0 Å². The number of nitrogens with one attached hydrogen (secondary N) is 3. The third kappa shape index (κ3) is 3.62. The molecule has 1 aromatic heterocycles. The van der Waals surface area contributed by atoms with Crippen molar-refractivity contribution in [1.82, 2.24) is 25.5 Å².